The predicted octanol–water partition coefficient (Wildman–Crippen LogP) is 4.49. The highest BCUT2D eigenvalue weighted by molar-refractivity contribution is 9.10. The molecule has 0 heterocycles. The quantitative estimate of drug-likeness (QED) is 0.726. The van der Waals surface area contributed by atoms with Gasteiger partial charge in [-0.05, 0) is 29.3 Å². The molecule has 1 N–H and O–H groups in total. The Labute approximate surface area is 142 Å². The van der Waals surface area contributed by atoms with E-state index in [0.717, 1.165) is 15.6 Å². The minimum Gasteiger partial charge on any atom is -0.434 e. The maximum absolute atomic E-state index is 12.4. The lowest BCUT2D eigenvalue weighted by Gasteiger charge is -2.12. The molecule has 0 saturated heterocycles. The lowest BCUT2D eigenvalue weighted by atomic mass is 10.1. The summed E-state index contributed by atoms with van der Waals surface area (Å²) < 4.78 is 35.3. The van der Waals surface area contributed by atoms with Crippen LogP contribution in [0.3, 0.4) is 0 Å². The van der Waals surface area contributed by atoms with Gasteiger partial charge in [-0.1, -0.05) is 40.2 Å². The predicted molar refractivity (Wildman–Crippen MR) is 88.5 cm³/mol. The SMILES string of the molecule is COCc1cccc(CNCc2cc(Br)ccc2OC(F)F)c1. The van der Waals surface area contributed by atoms with Crippen molar-refractivity contribution in [2.75, 3.05) is 7.11 Å². The average molecular weight is 386 g/mol. The first kappa shape index (κ1) is 17.8. The van der Waals surface area contributed by atoms with Crippen LogP contribution >= 0.6 is 15.9 Å². The van der Waals surface area contributed by atoms with Crippen molar-refractivity contribution in [2.45, 2.75) is 26.3 Å². The molecule has 0 aliphatic heterocycles. The Morgan fingerprint density at radius 2 is 1.87 bits per heavy atom. The number of methoxy groups -OCH3 is 1. The van der Waals surface area contributed by atoms with Crippen LogP contribution < -0.4 is 10.1 Å². The standard InChI is InChI=1S/C17H18BrF2NO2/c1-22-11-13-4-2-3-12(7-13)9-21-10-14-8-15(18)5-6-16(14)23-17(19)20/h2-8,17,21H,9-11H2,1H3. The molecule has 2 aromatic carbocycles. The molecule has 0 atom stereocenters. The van der Waals surface area contributed by atoms with Gasteiger partial charge < -0.3 is 14.8 Å². The summed E-state index contributed by atoms with van der Waals surface area (Å²) in [6.07, 6.45) is 0. The number of ether oxygens (including phenoxy) is 2. The number of hydrogen-bond acceptors (Lipinski definition) is 3. The van der Waals surface area contributed by atoms with Gasteiger partial charge >= 0.3 is 6.61 Å². The van der Waals surface area contributed by atoms with Crippen molar-refractivity contribution >= 4 is 15.9 Å². The van der Waals surface area contributed by atoms with Gasteiger partial charge in [0.05, 0.1) is 6.61 Å². The molecule has 0 radical (unpaired) electrons. The minimum absolute atomic E-state index is 0.184. The smallest absolute Gasteiger partial charge is 0.387 e. The molecule has 0 amide bonds. The Hall–Kier alpha value is -1.50. The van der Waals surface area contributed by atoms with Gasteiger partial charge in [0.1, 0.15) is 5.75 Å². The third-order valence-corrected chi connectivity index (χ3v) is 3.68. The Morgan fingerprint density at radius 1 is 1.09 bits per heavy atom. The molecule has 2 aromatic rings. The molecular formula is C17H18BrF2NO2. The molecule has 23 heavy (non-hydrogen) atoms. The number of alkyl halides is 2. The topological polar surface area (TPSA) is 30.5 Å². The fourth-order valence-corrected chi connectivity index (χ4v) is 2.64. The summed E-state index contributed by atoms with van der Waals surface area (Å²) in [5.74, 6) is 0.184. The summed E-state index contributed by atoms with van der Waals surface area (Å²) in [4.78, 5) is 0. The summed E-state index contributed by atoms with van der Waals surface area (Å²) in [5.41, 5.74) is 2.87. The molecule has 0 saturated carbocycles. The van der Waals surface area contributed by atoms with Crippen molar-refractivity contribution in [3.63, 3.8) is 0 Å². The molecule has 0 fully saturated rings. The van der Waals surface area contributed by atoms with Crippen LogP contribution in [0.2, 0.25) is 0 Å². The zero-order chi connectivity index (χ0) is 16.7. The molecule has 0 aliphatic rings. The fourth-order valence-electron chi connectivity index (χ4n) is 2.23. The number of nitrogens with one attached hydrogen (secondary N) is 1. The van der Waals surface area contributed by atoms with E-state index in [4.69, 9.17) is 4.74 Å². The van der Waals surface area contributed by atoms with Crippen molar-refractivity contribution in [3.8, 4) is 5.75 Å². The van der Waals surface area contributed by atoms with Crippen LogP contribution in [0.4, 0.5) is 8.78 Å². The third-order valence-electron chi connectivity index (χ3n) is 3.19. The van der Waals surface area contributed by atoms with E-state index < -0.39 is 6.61 Å². The summed E-state index contributed by atoms with van der Waals surface area (Å²) >= 11 is 3.34. The molecule has 3 nitrogen and oxygen atoms in total. The van der Waals surface area contributed by atoms with E-state index in [1.54, 1.807) is 19.2 Å². The average Bonchev–Trinajstić information content (AvgIpc) is 2.50. The Bertz CT molecular complexity index is 638. The van der Waals surface area contributed by atoms with E-state index >= 15 is 0 Å². The normalized spacial score (nSPS) is 11.0. The highest BCUT2D eigenvalue weighted by Gasteiger charge is 2.10. The lowest BCUT2D eigenvalue weighted by Crippen LogP contribution is -2.14. The number of benzene rings is 2. The molecule has 0 spiro atoms. The molecule has 124 valence electrons. The Balaban J connectivity index is 1.98. The van der Waals surface area contributed by atoms with E-state index in [9.17, 15) is 8.78 Å². The molecule has 0 bridgehead atoms. The first-order valence-electron chi connectivity index (χ1n) is 7.09. The second kappa shape index (κ2) is 8.96. The van der Waals surface area contributed by atoms with Crippen molar-refractivity contribution < 1.29 is 18.3 Å². The first-order chi connectivity index (χ1) is 11.1. The van der Waals surface area contributed by atoms with Gasteiger partial charge in [0.25, 0.3) is 0 Å². The number of halogens is 3. The first-order valence-corrected chi connectivity index (χ1v) is 7.88. The van der Waals surface area contributed by atoms with Crippen LogP contribution in [-0.4, -0.2) is 13.7 Å². The number of hydrogen-bond donors (Lipinski definition) is 1. The second-order valence-corrected chi connectivity index (χ2v) is 5.90. The van der Waals surface area contributed by atoms with Gasteiger partial charge in [0, 0.05) is 30.2 Å². The minimum atomic E-state index is -2.83. The van der Waals surface area contributed by atoms with Crippen molar-refractivity contribution in [2.24, 2.45) is 0 Å². The third kappa shape index (κ3) is 5.89. The Kier molecular flexibility index (Phi) is 6.95. The van der Waals surface area contributed by atoms with Gasteiger partial charge in [0.2, 0.25) is 0 Å². The van der Waals surface area contributed by atoms with E-state index in [1.165, 1.54) is 6.07 Å². The molecule has 0 aliphatic carbocycles. The van der Waals surface area contributed by atoms with Crippen LogP contribution in [0, 0.1) is 0 Å². The zero-order valence-corrected chi connectivity index (χ0v) is 14.3. The zero-order valence-electron chi connectivity index (χ0n) is 12.7. The van der Waals surface area contributed by atoms with Crippen LogP contribution in [-0.2, 0) is 24.4 Å². The maximum Gasteiger partial charge on any atom is 0.387 e. The van der Waals surface area contributed by atoms with Crippen molar-refractivity contribution in [1.29, 1.82) is 0 Å². The Morgan fingerprint density at radius 3 is 2.61 bits per heavy atom. The lowest BCUT2D eigenvalue weighted by molar-refractivity contribution is -0.0505. The van der Waals surface area contributed by atoms with E-state index in [-0.39, 0.29) is 5.75 Å². The molecule has 6 heteroatoms. The van der Waals surface area contributed by atoms with Gasteiger partial charge in [-0.3, -0.25) is 0 Å². The van der Waals surface area contributed by atoms with Crippen LogP contribution in [0.25, 0.3) is 0 Å². The highest BCUT2D eigenvalue weighted by Crippen LogP contribution is 2.24. The maximum atomic E-state index is 12.4. The molecule has 0 unspecified atom stereocenters. The van der Waals surface area contributed by atoms with E-state index in [1.807, 2.05) is 24.3 Å². The van der Waals surface area contributed by atoms with Crippen LogP contribution in [0.15, 0.2) is 46.9 Å². The summed E-state index contributed by atoms with van der Waals surface area (Å²) in [6.45, 7) is -1.22. The fraction of sp³-hybridized carbons (Fsp3) is 0.294. The molecule has 2 rings (SSSR count). The van der Waals surface area contributed by atoms with E-state index in [0.29, 0.717) is 25.3 Å². The largest absolute Gasteiger partial charge is 0.434 e. The monoisotopic (exact) mass is 385 g/mol. The van der Waals surface area contributed by atoms with Crippen molar-refractivity contribution in [1.82, 2.24) is 5.32 Å². The summed E-state index contributed by atoms with van der Waals surface area (Å²) in [7, 11) is 1.66. The van der Waals surface area contributed by atoms with Crippen molar-refractivity contribution in [3.05, 3.63) is 63.6 Å². The van der Waals surface area contributed by atoms with Gasteiger partial charge in [-0.15, -0.1) is 0 Å². The van der Waals surface area contributed by atoms with E-state index in [2.05, 4.69) is 26.0 Å². The highest BCUT2D eigenvalue weighted by atomic mass is 79.9. The van der Waals surface area contributed by atoms with Gasteiger partial charge in [-0.2, -0.15) is 8.78 Å². The molecule has 0 aromatic heterocycles. The van der Waals surface area contributed by atoms with Gasteiger partial charge in [0.15, 0.2) is 0 Å². The van der Waals surface area contributed by atoms with Gasteiger partial charge in [-0.25, -0.2) is 0 Å². The summed E-state index contributed by atoms with van der Waals surface area (Å²) in [5, 5.41) is 3.24. The summed E-state index contributed by atoms with van der Waals surface area (Å²) in [6, 6.07) is 13.0. The van der Waals surface area contributed by atoms with Crippen LogP contribution in [0.1, 0.15) is 16.7 Å². The van der Waals surface area contributed by atoms with Crippen LogP contribution in [0.5, 0.6) is 5.75 Å². The second-order valence-electron chi connectivity index (χ2n) is 4.99. The molecular weight excluding hydrogens is 368 g/mol. The number of rotatable bonds is 8.